The molecular weight excluding hydrogens is 350 g/mol. The quantitative estimate of drug-likeness (QED) is 0.611. The number of nitrogens with zero attached hydrogens (tertiary/aromatic N) is 2. The monoisotopic (exact) mass is 378 g/mol. The van der Waals surface area contributed by atoms with Crippen LogP contribution >= 0.6 is 0 Å². The summed E-state index contributed by atoms with van der Waals surface area (Å²) in [4.78, 5) is 16.1. The molecule has 2 rings (SSSR count). The number of amides is 1. The maximum Gasteiger partial charge on any atom is 0.249 e. The fraction of sp³-hybridized carbons (Fsp3) is 0.450. The number of hydrogen-bond acceptors (Lipinski definition) is 4. The van der Waals surface area contributed by atoms with Gasteiger partial charge in [-0.05, 0) is 37.7 Å². The number of nitrogen functional groups attached to an aromatic ring is 1. The summed E-state index contributed by atoms with van der Waals surface area (Å²) in [5.74, 6) is -1.49. The highest BCUT2D eigenvalue weighted by molar-refractivity contribution is 5.94. The second kappa shape index (κ2) is 8.52. The van der Waals surface area contributed by atoms with Crippen molar-refractivity contribution >= 4 is 11.6 Å². The van der Waals surface area contributed by atoms with E-state index in [4.69, 9.17) is 5.73 Å². The third-order valence-corrected chi connectivity index (χ3v) is 5.25. The molecule has 2 atom stereocenters. The summed E-state index contributed by atoms with van der Waals surface area (Å²) >= 11 is 0. The van der Waals surface area contributed by atoms with E-state index >= 15 is 0 Å². The van der Waals surface area contributed by atoms with E-state index in [1.165, 1.54) is 12.1 Å². The molecule has 1 amide bonds. The number of piperazine rings is 1. The SMILES string of the molecule is C=CN1CC(c2c(F)ccc(N)c2F)N(C)C/C1=C(\C(=O)NC)C(C)CC. The molecule has 1 aliphatic rings. The summed E-state index contributed by atoms with van der Waals surface area (Å²) in [5.41, 5.74) is 6.95. The van der Waals surface area contributed by atoms with Crippen LogP contribution in [0.4, 0.5) is 14.5 Å². The van der Waals surface area contributed by atoms with Gasteiger partial charge in [-0.15, -0.1) is 0 Å². The summed E-state index contributed by atoms with van der Waals surface area (Å²) in [7, 11) is 3.38. The van der Waals surface area contributed by atoms with E-state index in [0.29, 0.717) is 12.1 Å². The number of halogens is 2. The second-order valence-corrected chi connectivity index (χ2v) is 6.88. The van der Waals surface area contributed by atoms with Crippen LogP contribution in [0.3, 0.4) is 0 Å². The summed E-state index contributed by atoms with van der Waals surface area (Å²) in [5, 5.41) is 2.69. The molecule has 148 valence electrons. The minimum atomic E-state index is -0.739. The molecule has 1 aliphatic heterocycles. The van der Waals surface area contributed by atoms with Crippen LogP contribution in [0.15, 0.2) is 36.2 Å². The van der Waals surface area contributed by atoms with Crippen molar-refractivity contribution in [3.8, 4) is 0 Å². The number of hydrogen-bond donors (Lipinski definition) is 2. The average molecular weight is 378 g/mol. The van der Waals surface area contributed by atoms with Gasteiger partial charge < -0.3 is 16.0 Å². The van der Waals surface area contributed by atoms with Crippen LogP contribution in [0, 0.1) is 17.6 Å². The van der Waals surface area contributed by atoms with Crippen molar-refractivity contribution in [1.29, 1.82) is 0 Å². The summed E-state index contributed by atoms with van der Waals surface area (Å²) in [6, 6.07) is 1.85. The van der Waals surface area contributed by atoms with Gasteiger partial charge in [0.25, 0.3) is 0 Å². The van der Waals surface area contributed by atoms with Crippen LogP contribution < -0.4 is 11.1 Å². The lowest BCUT2D eigenvalue weighted by molar-refractivity contribution is -0.117. The molecule has 1 saturated heterocycles. The first-order valence-electron chi connectivity index (χ1n) is 9.04. The topological polar surface area (TPSA) is 61.6 Å². The van der Waals surface area contributed by atoms with Crippen molar-refractivity contribution < 1.29 is 13.6 Å². The Balaban J connectivity index is 2.52. The summed E-state index contributed by atoms with van der Waals surface area (Å²) in [6.07, 6.45) is 2.39. The molecule has 5 nitrogen and oxygen atoms in total. The van der Waals surface area contributed by atoms with Crippen LogP contribution in [0.2, 0.25) is 0 Å². The van der Waals surface area contributed by atoms with Gasteiger partial charge in [-0.25, -0.2) is 8.78 Å². The molecular formula is C20H28F2N4O. The first-order chi connectivity index (χ1) is 12.8. The Hall–Kier alpha value is -2.41. The Bertz CT molecular complexity index is 763. The zero-order valence-corrected chi connectivity index (χ0v) is 16.4. The van der Waals surface area contributed by atoms with Gasteiger partial charge in [0.1, 0.15) is 5.82 Å². The normalized spacial score (nSPS) is 21.0. The van der Waals surface area contributed by atoms with E-state index in [9.17, 15) is 13.6 Å². The molecule has 0 aromatic heterocycles. The number of rotatable bonds is 5. The van der Waals surface area contributed by atoms with Gasteiger partial charge in [0.05, 0.1) is 11.7 Å². The zero-order chi connectivity index (χ0) is 20.3. The highest BCUT2D eigenvalue weighted by Gasteiger charge is 2.35. The second-order valence-electron chi connectivity index (χ2n) is 6.88. The molecule has 0 bridgehead atoms. The molecule has 0 spiro atoms. The molecule has 0 aliphatic carbocycles. The number of likely N-dealkylation sites (N-methyl/N-ethyl adjacent to an activating group) is 2. The Morgan fingerprint density at radius 1 is 1.48 bits per heavy atom. The van der Waals surface area contributed by atoms with Crippen LogP contribution in [-0.4, -0.2) is 42.9 Å². The van der Waals surface area contributed by atoms with E-state index in [0.717, 1.165) is 12.1 Å². The van der Waals surface area contributed by atoms with Gasteiger partial charge in [0.2, 0.25) is 5.91 Å². The predicted octanol–water partition coefficient (Wildman–Crippen LogP) is 3.03. The number of carbonyl (C=O) groups is 1. The van der Waals surface area contributed by atoms with Gasteiger partial charge in [0.15, 0.2) is 5.82 Å². The largest absolute Gasteiger partial charge is 0.396 e. The minimum absolute atomic E-state index is 0.0354. The first-order valence-corrected chi connectivity index (χ1v) is 9.04. The fourth-order valence-electron chi connectivity index (χ4n) is 3.48. The lowest BCUT2D eigenvalue weighted by Crippen LogP contribution is -2.45. The maximum atomic E-state index is 14.6. The van der Waals surface area contributed by atoms with Crippen LogP contribution in [0.1, 0.15) is 31.9 Å². The van der Waals surface area contributed by atoms with Crippen LogP contribution in [0.5, 0.6) is 0 Å². The Morgan fingerprint density at radius 2 is 2.15 bits per heavy atom. The highest BCUT2D eigenvalue weighted by atomic mass is 19.1. The maximum absolute atomic E-state index is 14.6. The molecule has 1 aromatic rings. The van der Waals surface area contributed by atoms with Gasteiger partial charge in [0, 0.05) is 37.0 Å². The van der Waals surface area contributed by atoms with Crippen LogP contribution in [-0.2, 0) is 4.79 Å². The Labute approximate surface area is 159 Å². The van der Waals surface area contributed by atoms with E-state index in [2.05, 4.69) is 11.9 Å². The van der Waals surface area contributed by atoms with Crippen molar-refractivity contribution in [3.63, 3.8) is 0 Å². The molecule has 1 fully saturated rings. The van der Waals surface area contributed by atoms with Crippen LogP contribution in [0.25, 0.3) is 0 Å². The average Bonchev–Trinajstić information content (AvgIpc) is 2.66. The number of anilines is 1. The third kappa shape index (κ3) is 3.98. The number of carbonyl (C=O) groups excluding carboxylic acids is 1. The number of nitrogens with one attached hydrogen (secondary N) is 1. The van der Waals surface area contributed by atoms with Crippen molar-refractivity contribution in [2.45, 2.75) is 26.3 Å². The summed E-state index contributed by atoms with van der Waals surface area (Å²) in [6.45, 7) is 8.46. The molecule has 1 heterocycles. The molecule has 0 radical (unpaired) electrons. The zero-order valence-electron chi connectivity index (χ0n) is 16.4. The molecule has 0 saturated carbocycles. The highest BCUT2D eigenvalue weighted by Crippen LogP contribution is 2.35. The van der Waals surface area contributed by atoms with E-state index in [1.807, 2.05) is 23.6 Å². The molecule has 1 aromatic carbocycles. The number of benzene rings is 1. The fourth-order valence-corrected chi connectivity index (χ4v) is 3.48. The van der Waals surface area contributed by atoms with Crippen molar-refractivity contribution in [3.05, 3.63) is 53.4 Å². The lowest BCUT2D eigenvalue weighted by atomic mass is 9.92. The predicted molar refractivity (Wildman–Crippen MR) is 104 cm³/mol. The van der Waals surface area contributed by atoms with Gasteiger partial charge in [-0.3, -0.25) is 9.69 Å². The van der Waals surface area contributed by atoms with E-state index in [1.54, 1.807) is 20.3 Å². The minimum Gasteiger partial charge on any atom is -0.396 e. The standard InChI is InChI=1S/C20H28F2N4O/c1-6-12(3)17(20(27)24-4)16-10-25(5)15(11-26(16)7-2)18-13(21)8-9-14(23)19(18)22/h7-9,12,15H,2,6,10-11,23H2,1,3-5H3,(H,24,27)/b17-16+. The molecule has 2 unspecified atom stereocenters. The molecule has 3 N–H and O–H groups in total. The van der Waals surface area contributed by atoms with E-state index in [-0.39, 0.29) is 29.6 Å². The van der Waals surface area contributed by atoms with Crippen molar-refractivity contribution in [1.82, 2.24) is 15.1 Å². The third-order valence-electron chi connectivity index (χ3n) is 5.25. The first kappa shape index (κ1) is 20.9. The lowest BCUT2D eigenvalue weighted by Gasteiger charge is -2.42. The van der Waals surface area contributed by atoms with Crippen molar-refractivity contribution in [2.24, 2.45) is 5.92 Å². The van der Waals surface area contributed by atoms with Crippen molar-refractivity contribution in [2.75, 3.05) is 32.9 Å². The van der Waals surface area contributed by atoms with Gasteiger partial charge in [-0.2, -0.15) is 0 Å². The summed E-state index contributed by atoms with van der Waals surface area (Å²) < 4.78 is 29.0. The Morgan fingerprint density at radius 3 is 2.70 bits per heavy atom. The van der Waals surface area contributed by atoms with Gasteiger partial charge in [-0.1, -0.05) is 20.4 Å². The number of nitrogens with two attached hydrogens (primary N) is 1. The van der Waals surface area contributed by atoms with Gasteiger partial charge >= 0.3 is 0 Å². The van der Waals surface area contributed by atoms with E-state index < -0.39 is 17.7 Å². The molecule has 7 heteroatoms. The Kier molecular flexibility index (Phi) is 6.59. The smallest absolute Gasteiger partial charge is 0.249 e. The molecule has 27 heavy (non-hydrogen) atoms.